The Bertz CT molecular complexity index is 1040. The number of nitrogens with zero attached hydrogens (tertiary/aromatic N) is 1. The van der Waals surface area contributed by atoms with Crippen LogP contribution in [0.3, 0.4) is 0 Å². The molecule has 0 bridgehead atoms. The summed E-state index contributed by atoms with van der Waals surface area (Å²) in [5, 5.41) is 3.13. The van der Waals surface area contributed by atoms with E-state index in [0.29, 0.717) is 0 Å². The lowest BCUT2D eigenvalue weighted by Crippen LogP contribution is -2.28. The summed E-state index contributed by atoms with van der Waals surface area (Å²) in [7, 11) is 2.07. The van der Waals surface area contributed by atoms with Crippen LogP contribution in [0.1, 0.15) is 11.1 Å². The Balaban J connectivity index is 1.82. The summed E-state index contributed by atoms with van der Waals surface area (Å²) in [5.41, 5.74) is 4.66. The largest absolute Gasteiger partial charge is 0.361 e. The summed E-state index contributed by atoms with van der Waals surface area (Å²) < 4.78 is 2.14. The molecule has 4 aromatic rings. The van der Waals surface area contributed by atoms with Gasteiger partial charge in [-0.15, -0.1) is 0 Å². The fourth-order valence-electron chi connectivity index (χ4n) is 2.96. The number of benzene rings is 2. The van der Waals surface area contributed by atoms with Gasteiger partial charge in [0.2, 0.25) is 5.52 Å². The molecule has 4 rings (SSSR count). The lowest BCUT2D eigenvalue weighted by molar-refractivity contribution is -0.644. The molecule has 2 nitrogen and oxygen atoms in total. The van der Waals surface area contributed by atoms with Crippen LogP contribution in [-0.4, -0.2) is 4.98 Å². The van der Waals surface area contributed by atoms with E-state index < -0.39 is 0 Å². The van der Waals surface area contributed by atoms with Crippen LogP contribution in [0.15, 0.2) is 60.9 Å². The first-order valence-corrected chi connectivity index (χ1v) is 7.92. The zero-order chi connectivity index (χ0) is 15.8. The molecule has 1 N–H and O–H groups in total. The normalized spacial score (nSPS) is 11.7. The maximum Gasteiger partial charge on any atom is 0.212 e. The average molecular weight is 320 g/mol. The van der Waals surface area contributed by atoms with Crippen molar-refractivity contribution in [3.63, 3.8) is 0 Å². The number of hydrogen-bond acceptors (Lipinski definition) is 0. The van der Waals surface area contributed by atoms with E-state index in [1.807, 2.05) is 24.4 Å². The summed E-state index contributed by atoms with van der Waals surface area (Å²) in [4.78, 5) is 3.28. The van der Waals surface area contributed by atoms with Crippen LogP contribution in [0.5, 0.6) is 0 Å². The number of para-hydroxylation sites is 1. The lowest BCUT2D eigenvalue weighted by atomic mass is 10.1. The predicted octanol–water partition coefficient (Wildman–Crippen LogP) is 4.97. The monoisotopic (exact) mass is 319 g/mol. The van der Waals surface area contributed by atoms with Crippen LogP contribution in [0.4, 0.5) is 0 Å². The van der Waals surface area contributed by atoms with Crippen LogP contribution < -0.4 is 4.57 Å². The van der Waals surface area contributed by atoms with Crippen LogP contribution in [-0.2, 0) is 7.05 Å². The first-order chi connectivity index (χ1) is 11.2. The summed E-state index contributed by atoms with van der Waals surface area (Å²) in [6.07, 6.45) is 8.40. The van der Waals surface area contributed by atoms with Crippen molar-refractivity contribution in [2.45, 2.75) is 0 Å². The molecule has 0 aliphatic rings. The number of aromatic amines is 1. The molecule has 3 heteroatoms. The van der Waals surface area contributed by atoms with E-state index in [4.69, 9.17) is 11.6 Å². The molecule has 0 amide bonds. The van der Waals surface area contributed by atoms with Crippen molar-refractivity contribution < 1.29 is 4.57 Å². The molecule has 0 saturated carbocycles. The van der Waals surface area contributed by atoms with Crippen molar-refractivity contribution in [3.8, 4) is 0 Å². The van der Waals surface area contributed by atoms with Crippen LogP contribution in [0.2, 0.25) is 5.02 Å². The van der Waals surface area contributed by atoms with E-state index in [2.05, 4.69) is 65.3 Å². The molecule has 23 heavy (non-hydrogen) atoms. The van der Waals surface area contributed by atoms with E-state index in [0.717, 1.165) is 21.5 Å². The Morgan fingerprint density at radius 1 is 0.957 bits per heavy atom. The number of aromatic nitrogens is 2. The van der Waals surface area contributed by atoms with Crippen molar-refractivity contribution in [3.05, 3.63) is 77.1 Å². The number of fused-ring (bicyclic) bond motifs is 2. The van der Waals surface area contributed by atoms with Gasteiger partial charge in [0.1, 0.15) is 7.05 Å². The van der Waals surface area contributed by atoms with E-state index >= 15 is 0 Å². The SMILES string of the molecule is C[n+]1ccc(/C=C/c2c[nH]c3ccc(Cl)cc23)c2ccccc21. The maximum atomic E-state index is 6.12. The van der Waals surface area contributed by atoms with E-state index in [1.54, 1.807) is 0 Å². The number of H-pyrrole nitrogens is 1. The molecular formula is C20H16ClN2+. The van der Waals surface area contributed by atoms with Gasteiger partial charge in [0.05, 0.1) is 5.39 Å². The minimum absolute atomic E-state index is 0.754. The van der Waals surface area contributed by atoms with Crippen LogP contribution in [0, 0.1) is 0 Å². The maximum absolute atomic E-state index is 6.12. The van der Waals surface area contributed by atoms with Crippen molar-refractivity contribution in [2.24, 2.45) is 7.05 Å². The lowest BCUT2D eigenvalue weighted by Gasteiger charge is -2.00. The number of nitrogens with one attached hydrogen (secondary N) is 1. The van der Waals surface area contributed by atoms with E-state index in [9.17, 15) is 0 Å². The molecule has 0 radical (unpaired) electrons. The molecule has 0 fully saturated rings. The van der Waals surface area contributed by atoms with Gasteiger partial charge in [0.25, 0.3) is 0 Å². The second kappa shape index (κ2) is 5.56. The molecule has 0 spiro atoms. The van der Waals surface area contributed by atoms with Gasteiger partial charge in [-0.2, -0.15) is 0 Å². The zero-order valence-corrected chi connectivity index (χ0v) is 13.5. The van der Waals surface area contributed by atoms with Gasteiger partial charge in [-0.3, -0.25) is 0 Å². The summed E-state index contributed by atoms with van der Waals surface area (Å²) in [5.74, 6) is 0. The molecule has 2 aromatic carbocycles. The Morgan fingerprint density at radius 3 is 2.70 bits per heavy atom. The Hall–Kier alpha value is -2.58. The number of hydrogen-bond donors (Lipinski definition) is 1. The molecule has 112 valence electrons. The highest BCUT2D eigenvalue weighted by atomic mass is 35.5. The highest BCUT2D eigenvalue weighted by molar-refractivity contribution is 6.31. The summed E-state index contributed by atoms with van der Waals surface area (Å²) in [6, 6.07) is 16.5. The zero-order valence-electron chi connectivity index (χ0n) is 12.8. The molecule has 0 unspecified atom stereocenters. The van der Waals surface area contributed by atoms with Crippen molar-refractivity contribution >= 4 is 45.6 Å². The highest BCUT2D eigenvalue weighted by Crippen LogP contribution is 2.25. The minimum Gasteiger partial charge on any atom is -0.361 e. The first kappa shape index (κ1) is 14.0. The summed E-state index contributed by atoms with van der Waals surface area (Å²) >= 11 is 6.12. The van der Waals surface area contributed by atoms with E-state index in [1.165, 1.54) is 16.5 Å². The topological polar surface area (TPSA) is 19.7 Å². The fourth-order valence-corrected chi connectivity index (χ4v) is 3.14. The van der Waals surface area contributed by atoms with Gasteiger partial charge in [0.15, 0.2) is 6.20 Å². The van der Waals surface area contributed by atoms with Crippen molar-refractivity contribution in [1.29, 1.82) is 0 Å². The molecule has 0 saturated heterocycles. The molecule has 0 aliphatic heterocycles. The third-order valence-corrected chi connectivity index (χ3v) is 4.43. The van der Waals surface area contributed by atoms with Crippen LogP contribution >= 0.6 is 11.6 Å². The van der Waals surface area contributed by atoms with Gasteiger partial charge in [0, 0.05) is 34.3 Å². The number of aryl methyl sites for hydroxylation is 1. The smallest absolute Gasteiger partial charge is 0.212 e. The minimum atomic E-state index is 0.754. The quantitative estimate of drug-likeness (QED) is 0.503. The molecule has 0 atom stereocenters. The van der Waals surface area contributed by atoms with Gasteiger partial charge in [-0.05, 0) is 35.4 Å². The summed E-state index contributed by atoms with van der Waals surface area (Å²) in [6.45, 7) is 0. The standard InChI is InChI=1S/C20H15ClN2/c1-23-11-10-14(17-4-2-3-5-20(17)23)6-7-15-13-22-19-9-8-16(21)12-18(15)19/h2-13H,1H3/p+1. The van der Waals surface area contributed by atoms with Crippen molar-refractivity contribution in [2.75, 3.05) is 0 Å². The second-order valence-electron chi connectivity index (χ2n) is 5.67. The van der Waals surface area contributed by atoms with Gasteiger partial charge in [-0.25, -0.2) is 4.57 Å². The second-order valence-corrected chi connectivity index (χ2v) is 6.10. The average Bonchev–Trinajstić information content (AvgIpc) is 2.97. The van der Waals surface area contributed by atoms with Gasteiger partial charge >= 0.3 is 0 Å². The Morgan fingerprint density at radius 2 is 1.78 bits per heavy atom. The molecule has 2 aromatic heterocycles. The fraction of sp³-hybridized carbons (Fsp3) is 0.0500. The third kappa shape index (κ3) is 2.51. The Labute approximate surface area is 139 Å². The number of pyridine rings is 1. The van der Waals surface area contributed by atoms with Gasteiger partial charge < -0.3 is 4.98 Å². The van der Waals surface area contributed by atoms with E-state index in [-0.39, 0.29) is 0 Å². The third-order valence-electron chi connectivity index (χ3n) is 4.19. The highest BCUT2D eigenvalue weighted by Gasteiger charge is 2.07. The predicted molar refractivity (Wildman–Crippen MR) is 97.4 cm³/mol. The Kier molecular flexibility index (Phi) is 3.40. The number of halogens is 1. The van der Waals surface area contributed by atoms with Crippen LogP contribution in [0.25, 0.3) is 34.0 Å². The molecule has 2 heterocycles. The molecular weight excluding hydrogens is 304 g/mol. The number of rotatable bonds is 2. The van der Waals surface area contributed by atoms with Gasteiger partial charge in [-0.1, -0.05) is 35.9 Å². The first-order valence-electron chi connectivity index (χ1n) is 7.54. The molecule has 0 aliphatic carbocycles. The van der Waals surface area contributed by atoms with Crippen molar-refractivity contribution in [1.82, 2.24) is 4.98 Å².